The van der Waals surface area contributed by atoms with Gasteiger partial charge in [-0.3, -0.25) is 19.7 Å². The summed E-state index contributed by atoms with van der Waals surface area (Å²) in [5.41, 5.74) is 2.70. The standard InChI is InChI=1S/C20H23N5O/c26-20-15-18(22-19-8-9-21-25(19)20)16-24-13-11-23(12-14-24)10-4-7-17-5-2-1-3-6-17/h1-9,15,21H,10-14,16H2/b7-4-. The fourth-order valence-corrected chi connectivity index (χ4v) is 3.32. The SMILES string of the molecule is O=c1cc(CN2CCN(C/C=C\c3ccccc3)CC2)nc2cc[nH]n12. The molecule has 1 aromatic carbocycles. The Hall–Kier alpha value is -2.70. The lowest BCUT2D eigenvalue weighted by atomic mass is 10.2. The summed E-state index contributed by atoms with van der Waals surface area (Å²) in [4.78, 5) is 21.4. The van der Waals surface area contributed by atoms with Gasteiger partial charge in [-0.05, 0) is 5.56 Å². The molecule has 4 rings (SSSR count). The molecule has 3 aromatic rings. The highest BCUT2D eigenvalue weighted by atomic mass is 16.1. The number of H-pyrrole nitrogens is 1. The first-order valence-electron chi connectivity index (χ1n) is 9.00. The zero-order valence-corrected chi connectivity index (χ0v) is 14.7. The molecule has 0 unspecified atom stereocenters. The van der Waals surface area contributed by atoms with Crippen LogP contribution < -0.4 is 5.56 Å². The molecule has 0 bridgehead atoms. The number of hydrogen-bond donors (Lipinski definition) is 1. The van der Waals surface area contributed by atoms with Crippen molar-refractivity contribution in [3.05, 3.63) is 76.3 Å². The number of aromatic amines is 1. The van der Waals surface area contributed by atoms with E-state index in [1.807, 2.05) is 12.1 Å². The molecule has 6 nitrogen and oxygen atoms in total. The zero-order valence-electron chi connectivity index (χ0n) is 14.7. The van der Waals surface area contributed by atoms with Crippen LogP contribution >= 0.6 is 0 Å². The molecule has 0 atom stereocenters. The molecule has 2 aromatic heterocycles. The number of rotatable bonds is 5. The second kappa shape index (κ2) is 7.68. The molecule has 1 aliphatic heterocycles. The van der Waals surface area contributed by atoms with Crippen LogP contribution in [0.1, 0.15) is 11.3 Å². The Kier molecular flexibility index (Phi) is 4.95. The summed E-state index contributed by atoms with van der Waals surface area (Å²) in [5, 5.41) is 2.87. The van der Waals surface area contributed by atoms with Gasteiger partial charge in [0.15, 0.2) is 5.65 Å². The lowest BCUT2D eigenvalue weighted by molar-refractivity contribution is 0.136. The van der Waals surface area contributed by atoms with E-state index < -0.39 is 0 Å². The third-order valence-electron chi connectivity index (χ3n) is 4.76. The molecule has 6 heteroatoms. The molecule has 26 heavy (non-hydrogen) atoms. The highest BCUT2D eigenvalue weighted by molar-refractivity contribution is 5.48. The second-order valence-electron chi connectivity index (χ2n) is 6.63. The predicted molar refractivity (Wildman–Crippen MR) is 103 cm³/mol. The Labute approximate surface area is 152 Å². The minimum Gasteiger partial charge on any atom is -0.297 e. The Balaban J connectivity index is 1.29. The number of hydrogen-bond acceptors (Lipinski definition) is 4. The van der Waals surface area contributed by atoms with Crippen molar-refractivity contribution in [3.8, 4) is 0 Å². The highest BCUT2D eigenvalue weighted by Crippen LogP contribution is 2.08. The van der Waals surface area contributed by atoms with Crippen molar-refractivity contribution in [1.82, 2.24) is 24.4 Å². The fourth-order valence-electron chi connectivity index (χ4n) is 3.32. The van der Waals surface area contributed by atoms with E-state index in [2.05, 4.69) is 56.3 Å². The largest absolute Gasteiger partial charge is 0.297 e. The van der Waals surface area contributed by atoms with E-state index in [-0.39, 0.29) is 5.56 Å². The fraction of sp³-hybridized carbons (Fsp3) is 0.300. The lowest BCUT2D eigenvalue weighted by Crippen LogP contribution is -2.46. The van der Waals surface area contributed by atoms with Crippen molar-refractivity contribution in [2.75, 3.05) is 32.7 Å². The highest BCUT2D eigenvalue weighted by Gasteiger charge is 2.17. The quantitative estimate of drug-likeness (QED) is 0.764. The molecule has 134 valence electrons. The minimum atomic E-state index is -0.0558. The third-order valence-corrected chi connectivity index (χ3v) is 4.76. The van der Waals surface area contributed by atoms with E-state index in [1.54, 1.807) is 12.3 Å². The van der Waals surface area contributed by atoms with Gasteiger partial charge >= 0.3 is 0 Å². The molecule has 1 N–H and O–H groups in total. The second-order valence-corrected chi connectivity index (χ2v) is 6.63. The van der Waals surface area contributed by atoms with Gasteiger partial charge in [-0.15, -0.1) is 0 Å². The van der Waals surface area contributed by atoms with Crippen molar-refractivity contribution in [3.63, 3.8) is 0 Å². The maximum atomic E-state index is 12.0. The molecule has 0 saturated carbocycles. The Morgan fingerprint density at radius 2 is 1.81 bits per heavy atom. The van der Waals surface area contributed by atoms with Crippen molar-refractivity contribution in [2.45, 2.75) is 6.54 Å². The van der Waals surface area contributed by atoms with Crippen LogP contribution in [0.4, 0.5) is 0 Å². The van der Waals surface area contributed by atoms with E-state index in [9.17, 15) is 4.79 Å². The van der Waals surface area contributed by atoms with Gasteiger partial charge in [0, 0.05) is 57.6 Å². The first-order valence-corrected chi connectivity index (χ1v) is 9.00. The van der Waals surface area contributed by atoms with Crippen LogP contribution in [0.2, 0.25) is 0 Å². The van der Waals surface area contributed by atoms with Crippen LogP contribution in [0, 0.1) is 0 Å². The number of nitrogens with zero attached hydrogens (tertiary/aromatic N) is 4. The topological polar surface area (TPSA) is 56.6 Å². The third kappa shape index (κ3) is 3.92. The summed E-state index contributed by atoms with van der Waals surface area (Å²) in [5.74, 6) is 0. The summed E-state index contributed by atoms with van der Waals surface area (Å²) in [6.45, 7) is 5.75. The van der Waals surface area contributed by atoms with E-state index in [0.717, 1.165) is 45.0 Å². The van der Waals surface area contributed by atoms with Gasteiger partial charge in [0.05, 0.1) is 5.69 Å². The van der Waals surface area contributed by atoms with E-state index in [0.29, 0.717) is 5.65 Å². The van der Waals surface area contributed by atoms with Gasteiger partial charge in [-0.2, -0.15) is 0 Å². The van der Waals surface area contributed by atoms with Crippen molar-refractivity contribution < 1.29 is 0 Å². The molecule has 1 fully saturated rings. The number of nitrogens with one attached hydrogen (secondary N) is 1. The summed E-state index contributed by atoms with van der Waals surface area (Å²) >= 11 is 0. The average molecular weight is 349 g/mol. The predicted octanol–water partition coefficient (Wildman–Crippen LogP) is 1.85. The maximum absolute atomic E-state index is 12.0. The number of fused-ring (bicyclic) bond motifs is 1. The van der Waals surface area contributed by atoms with Crippen LogP contribution in [-0.4, -0.2) is 57.1 Å². The van der Waals surface area contributed by atoms with Gasteiger partial charge in [-0.1, -0.05) is 42.5 Å². The summed E-state index contributed by atoms with van der Waals surface area (Å²) in [6, 6.07) is 13.8. The van der Waals surface area contributed by atoms with Crippen LogP contribution in [0.5, 0.6) is 0 Å². The summed E-state index contributed by atoms with van der Waals surface area (Å²) in [7, 11) is 0. The molecule has 3 heterocycles. The molecule has 1 aliphatic rings. The zero-order chi connectivity index (χ0) is 17.8. The Bertz CT molecular complexity index is 935. The van der Waals surface area contributed by atoms with Gasteiger partial charge < -0.3 is 0 Å². The normalized spacial score (nSPS) is 16.6. The molecule has 0 radical (unpaired) electrons. The summed E-state index contributed by atoms with van der Waals surface area (Å²) < 4.78 is 1.46. The first-order chi connectivity index (χ1) is 12.8. The number of benzene rings is 1. The molecule has 0 spiro atoms. The monoisotopic (exact) mass is 349 g/mol. The smallest absolute Gasteiger partial charge is 0.272 e. The summed E-state index contributed by atoms with van der Waals surface area (Å²) in [6.07, 6.45) is 6.14. The van der Waals surface area contributed by atoms with Crippen molar-refractivity contribution in [1.29, 1.82) is 0 Å². The Morgan fingerprint density at radius 1 is 1.04 bits per heavy atom. The van der Waals surface area contributed by atoms with E-state index in [4.69, 9.17) is 0 Å². The number of aromatic nitrogens is 3. The minimum absolute atomic E-state index is 0.0558. The molecular weight excluding hydrogens is 326 g/mol. The molecular formula is C20H23N5O. The lowest BCUT2D eigenvalue weighted by Gasteiger charge is -2.33. The van der Waals surface area contributed by atoms with Crippen molar-refractivity contribution >= 4 is 11.7 Å². The van der Waals surface area contributed by atoms with E-state index in [1.165, 1.54) is 10.1 Å². The van der Waals surface area contributed by atoms with Crippen LogP contribution in [0.25, 0.3) is 11.7 Å². The van der Waals surface area contributed by atoms with Crippen molar-refractivity contribution in [2.24, 2.45) is 0 Å². The van der Waals surface area contributed by atoms with Gasteiger partial charge in [-0.25, -0.2) is 9.50 Å². The first kappa shape index (κ1) is 16.8. The van der Waals surface area contributed by atoms with E-state index >= 15 is 0 Å². The molecule has 0 aliphatic carbocycles. The van der Waals surface area contributed by atoms with Gasteiger partial charge in [0.1, 0.15) is 0 Å². The molecule has 1 saturated heterocycles. The van der Waals surface area contributed by atoms with Gasteiger partial charge in [0.25, 0.3) is 5.56 Å². The van der Waals surface area contributed by atoms with Crippen LogP contribution in [0.3, 0.4) is 0 Å². The van der Waals surface area contributed by atoms with Crippen LogP contribution in [0.15, 0.2) is 59.5 Å². The molecule has 0 amide bonds. The maximum Gasteiger partial charge on any atom is 0.272 e. The average Bonchev–Trinajstić information content (AvgIpc) is 3.13. The number of piperazine rings is 1. The Morgan fingerprint density at radius 3 is 2.62 bits per heavy atom. The van der Waals surface area contributed by atoms with Crippen LogP contribution in [-0.2, 0) is 6.54 Å². The van der Waals surface area contributed by atoms with Gasteiger partial charge in [0.2, 0.25) is 0 Å².